The lowest BCUT2D eigenvalue weighted by atomic mass is 10.0. The monoisotopic (exact) mass is 302 g/mol. The van der Waals surface area contributed by atoms with Crippen LogP contribution < -0.4 is 4.90 Å². The Labute approximate surface area is 135 Å². The Morgan fingerprint density at radius 1 is 1.00 bits per heavy atom. The summed E-state index contributed by atoms with van der Waals surface area (Å²) in [6.45, 7) is 12.2. The van der Waals surface area contributed by atoms with E-state index in [1.807, 2.05) is 0 Å². The topological polar surface area (TPSA) is 23.6 Å². The normalized spacial score (nSPS) is 15.7. The Kier molecular flexibility index (Phi) is 5.87. The van der Waals surface area contributed by atoms with Gasteiger partial charge in [-0.25, -0.2) is 0 Å². The summed E-state index contributed by atoms with van der Waals surface area (Å²) in [5.41, 5.74) is 2.66. The van der Waals surface area contributed by atoms with Gasteiger partial charge in [-0.05, 0) is 36.5 Å². The first-order valence-corrected chi connectivity index (χ1v) is 8.70. The lowest BCUT2D eigenvalue weighted by Gasteiger charge is -2.37. The standard InChI is InChI=1S/C19H30N2O/c1-5-16(6-2)19(22)21-13-11-20(12-14-21)18-9-7-17(8-10-18)15(3)4/h7-10,15-16H,5-6,11-14H2,1-4H3. The predicted molar refractivity (Wildman–Crippen MR) is 93.4 cm³/mol. The highest BCUT2D eigenvalue weighted by Crippen LogP contribution is 2.22. The SMILES string of the molecule is CCC(CC)C(=O)N1CCN(c2ccc(C(C)C)cc2)CC1. The zero-order valence-corrected chi connectivity index (χ0v) is 14.5. The molecule has 1 fully saturated rings. The van der Waals surface area contributed by atoms with E-state index in [0.29, 0.717) is 11.8 Å². The molecule has 1 aromatic rings. The summed E-state index contributed by atoms with van der Waals surface area (Å²) >= 11 is 0. The van der Waals surface area contributed by atoms with Crippen molar-refractivity contribution in [1.29, 1.82) is 0 Å². The molecular formula is C19H30N2O. The highest BCUT2D eigenvalue weighted by atomic mass is 16.2. The third-order valence-electron chi connectivity index (χ3n) is 4.85. The molecule has 22 heavy (non-hydrogen) atoms. The fraction of sp³-hybridized carbons (Fsp3) is 0.632. The minimum Gasteiger partial charge on any atom is -0.368 e. The third-order valence-corrected chi connectivity index (χ3v) is 4.85. The van der Waals surface area contributed by atoms with Gasteiger partial charge in [0.15, 0.2) is 0 Å². The first-order chi connectivity index (χ1) is 10.6. The summed E-state index contributed by atoms with van der Waals surface area (Å²) in [5.74, 6) is 1.13. The van der Waals surface area contributed by atoms with Gasteiger partial charge >= 0.3 is 0 Å². The second kappa shape index (κ2) is 7.66. The van der Waals surface area contributed by atoms with E-state index < -0.39 is 0 Å². The summed E-state index contributed by atoms with van der Waals surface area (Å²) in [7, 11) is 0. The molecule has 2 rings (SSSR count). The van der Waals surface area contributed by atoms with Gasteiger partial charge in [0.25, 0.3) is 0 Å². The van der Waals surface area contributed by atoms with E-state index in [9.17, 15) is 4.79 Å². The van der Waals surface area contributed by atoms with Crippen molar-refractivity contribution in [1.82, 2.24) is 4.90 Å². The van der Waals surface area contributed by atoms with Gasteiger partial charge in [-0.3, -0.25) is 4.79 Å². The van der Waals surface area contributed by atoms with Crippen LogP contribution in [0.5, 0.6) is 0 Å². The fourth-order valence-electron chi connectivity index (χ4n) is 3.15. The summed E-state index contributed by atoms with van der Waals surface area (Å²) in [6, 6.07) is 8.88. The van der Waals surface area contributed by atoms with E-state index in [1.54, 1.807) is 0 Å². The second-order valence-corrected chi connectivity index (χ2v) is 6.57. The maximum absolute atomic E-state index is 12.4. The van der Waals surface area contributed by atoms with Crippen molar-refractivity contribution in [3.8, 4) is 0 Å². The van der Waals surface area contributed by atoms with Crippen LogP contribution in [-0.4, -0.2) is 37.0 Å². The maximum Gasteiger partial charge on any atom is 0.225 e. The molecule has 0 atom stereocenters. The minimum atomic E-state index is 0.205. The number of hydrogen-bond acceptors (Lipinski definition) is 2. The number of nitrogens with zero attached hydrogens (tertiary/aromatic N) is 2. The Balaban J connectivity index is 1.93. The average molecular weight is 302 g/mol. The van der Waals surface area contributed by atoms with Crippen molar-refractivity contribution in [3.63, 3.8) is 0 Å². The van der Waals surface area contributed by atoms with Gasteiger partial charge in [0.2, 0.25) is 5.91 Å². The molecule has 0 aromatic heterocycles. The van der Waals surface area contributed by atoms with Gasteiger partial charge in [0.1, 0.15) is 0 Å². The number of hydrogen-bond donors (Lipinski definition) is 0. The molecule has 1 aliphatic rings. The molecule has 0 radical (unpaired) electrons. The summed E-state index contributed by atoms with van der Waals surface area (Å²) < 4.78 is 0. The number of amides is 1. The van der Waals surface area contributed by atoms with Gasteiger partial charge in [0, 0.05) is 37.8 Å². The lowest BCUT2D eigenvalue weighted by molar-refractivity contribution is -0.136. The summed E-state index contributed by atoms with van der Waals surface area (Å²) in [4.78, 5) is 16.9. The number of piperazine rings is 1. The molecule has 1 aliphatic heterocycles. The molecule has 1 heterocycles. The van der Waals surface area contributed by atoms with Crippen LogP contribution in [0, 0.1) is 5.92 Å². The van der Waals surface area contributed by atoms with Gasteiger partial charge < -0.3 is 9.80 Å². The Morgan fingerprint density at radius 2 is 1.55 bits per heavy atom. The Bertz CT molecular complexity index is 469. The number of anilines is 1. The molecule has 1 amide bonds. The zero-order chi connectivity index (χ0) is 16.1. The number of benzene rings is 1. The third kappa shape index (κ3) is 3.82. The molecular weight excluding hydrogens is 272 g/mol. The van der Waals surface area contributed by atoms with Gasteiger partial charge in [-0.15, -0.1) is 0 Å². The molecule has 0 bridgehead atoms. The molecule has 0 saturated carbocycles. The van der Waals surface area contributed by atoms with Crippen LogP contribution in [0.15, 0.2) is 24.3 Å². The molecule has 0 spiro atoms. The van der Waals surface area contributed by atoms with E-state index in [4.69, 9.17) is 0 Å². The van der Waals surface area contributed by atoms with Crippen LogP contribution in [0.1, 0.15) is 52.0 Å². The van der Waals surface area contributed by atoms with Crippen LogP contribution in [0.25, 0.3) is 0 Å². The Morgan fingerprint density at radius 3 is 2.00 bits per heavy atom. The van der Waals surface area contributed by atoms with E-state index in [2.05, 4.69) is 61.8 Å². The summed E-state index contributed by atoms with van der Waals surface area (Å²) in [5, 5.41) is 0. The molecule has 1 saturated heterocycles. The largest absolute Gasteiger partial charge is 0.368 e. The Hall–Kier alpha value is -1.51. The van der Waals surface area contributed by atoms with Crippen molar-refractivity contribution >= 4 is 11.6 Å². The molecule has 0 N–H and O–H groups in total. The molecule has 3 heteroatoms. The number of carbonyl (C=O) groups is 1. The van der Waals surface area contributed by atoms with E-state index >= 15 is 0 Å². The first-order valence-electron chi connectivity index (χ1n) is 8.70. The fourth-order valence-corrected chi connectivity index (χ4v) is 3.15. The molecule has 3 nitrogen and oxygen atoms in total. The van der Waals surface area contributed by atoms with Crippen LogP contribution in [0.4, 0.5) is 5.69 Å². The van der Waals surface area contributed by atoms with Crippen molar-refractivity contribution in [2.45, 2.75) is 46.5 Å². The lowest BCUT2D eigenvalue weighted by Crippen LogP contribution is -2.50. The van der Waals surface area contributed by atoms with Crippen molar-refractivity contribution in [2.75, 3.05) is 31.1 Å². The van der Waals surface area contributed by atoms with Gasteiger partial charge in [-0.2, -0.15) is 0 Å². The van der Waals surface area contributed by atoms with E-state index in [-0.39, 0.29) is 5.92 Å². The van der Waals surface area contributed by atoms with E-state index in [0.717, 1.165) is 39.0 Å². The van der Waals surface area contributed by atoms with Gasteiger partial charge in [0.05, 0.1) is 0 Å². The molecule has 0 aliphatic carbocycles. The van der Waals surface area contributed by atoms with Crippen LogP contribution in [0.3, 0.4) is 0 Å². The quantitative estimate of drug-likeness (QED) is 0.823. The average Bonchev–Trinajstić information content (AvgIpc) is 2.56. The second-order valence-electron chi connectivity index (χ2n) is 6.57. The number of carbonyl (C=O) groups excluding carboxylic acids is 1. The predicted octanol–water partition coefficient (Wildman–Crippen LogP) is 3.89. The smallest absolute Gasteiger partial charge is 0.225 e. The van der Waals surface area contributed by atoms with Crippen LogP contribution >= 0.6 is 0 Å². The number of rotatable bonds is 5. The van der Waals surface area contributed by atoms with E-state index in [1.165, 1.54) is 11.3 Å². The zero-order valence-electron chi connectivity index (χ0n) is 14.5. The molecule has 122 valence electrons. The van der Waals surface area contributed by atoms with Crippen molar-refractivity contribution in [3.05, 3.63) is 29.8 Å². The maximum atomic E-state index is 12.4. The van der Waals surface area contributed by atoms with Crippen LogP contribution in [0.2, 0.25) is 0 Å². The summed E-state index contributed by atoms with van der Waals surface area (Å²) in [6.07, 6.45) is 1.90. The van der Waals surface area contributed by atoms with Crippen LogP contribution in [-0.2, 0) is 4.79 Å². The first kappa shape index (κ1) is 16.9. The highest BCUT2D eigenvalue weighted by molar-refractivity contribution is 5.79. The minimum absolute atomic E-state index is 0.205. The van der Waals surface area contributed by atoms with Crippen molar-refractivity contribution in [2.24, 2.45) is 5.92 Å². The molecule has 1 aromatic carbocycles. The van der Waals surface area contributed by atoms with Crippen molar-refractivity contribution < 1.29 is 4.79 Å². The molecule has 0 unspecified atom stereocenters. The highest BCUT2D eigenvalue weighted by Gasteiger charge is 2.25. The van der Waals surface area contributed by atoms with Gasteiger partial charge in [-0.1, -0.05) is 39.8 Å².